The summed E-state index contributed by atoms with van der Waals surface area (Å²) < 4.78 is 11.1. The van der Waals surface area contributed by atoms with Crippen LogP contribution in [0.1, 0.15) is 54.2 Å². The van der Waals surface area contributed by atoms with Crippen molar-refractivity contribution in [2.75, 3.05) is 26.3 Å². The number of likely N-dealkylation sites (tertiary alicyclic amines) is 1. The first-order chi connectivity index (χ1) is 10.6. The molecule has 4 rings (SSSR count). The van der Waals surface area contributed by atoms with Crippen molar-refractivity contribution in [2.45, 2.75) is 44.2 Å². The van der Waals surface area contributed by atoms with Crippen LogP contribution in [0.4, 0.5) is 0 Å². The zero-order valence-corrected chi connectivity index (χ0v) is 13.2. The van der Waals surface area contributed by atoms with Gasteiger partial charge >= 0.3 is 5.97 Å². The first-order valence-corrected chi connectivity index (χ1v) is 8.15. The fourth-order valence-corrected chi connectivity index (χ4v) is 3.67. The van der Waals surface area contributed by atoms with Crippen molar-refractivity contribution in [1.29, 1.82) is 0 Å². The van der Waals surface area contributed by atoms with Crippen LogP contribution in [0.2, 0.25) is 0 Å². The highest BCUT2D eigenvalue weighted by molar-refractivity contribution is 5.94. The number of rotatable bonds is 2. The zero-order chi connectivity index (χ0) is 15.3. The second-order valence-corrected chi connectivity index (χ2v) is 6.92. The fourth-order valence-electron chi connectivity index (χ4n) is 3.67. The van der Waals surface area contributed by atoms with E-state index in [0.29, 0.717) is 17.5 Å². The Labute approximate surface area is 130 Å². The normalized spacial score (nSPS) is 24.4. The molecule has 0 aromatic carbocycles. The lowest BCUT2D eigenvalue weighted by Crippen LogP contribution is -2.54. The highest BCUT2D eigenvalue weighted by atomic mass is 16.6. The van der Waals surface area contributed by atoms with Gasteiger partial charge in [-0.1, -0.05) is 13.8 Å². The van der Waals surface area contributed by atoms with Crippen LogP contribution in [-0.4, -0.2) is 48.2 Å². The third-order valence-electron chi connectivity index (χ3n) is 5.26. The van der Waals surface area contributed by atoms with Crippen molar-refractivity contribution < 1.29 is 14.3 Å². The van der Waals surface area contributed by atoms with Crippen LogP contribution in [-0.2, 0) is 15.1 Å². The highest BCUT2D eigenvalue weighted by Crippen LogP contribution is 2.45. The van der Waals surface area contributed by atoms with Gasteiger partial charge in [0.15, 0.2) is 0 Å². The molecule has 0 amide bonds. The molecule has 5 heteroatoms. The van der Waals surface area contributed by atoms with Crippen LogP contribution >= 0.6 is 0 Å². The van der Waals surface area contributed by atoms with Crippen molar-refractivity contribution in [2.24, 2.45) is 0 Å². The van der Waals surface area contributed by atoms with Gasteiger partial charge in [-0.25, -0.2) is 4.79 Å². The second kappa shape index (κ2) is 5.03. The van der Waals surface area contributed by atoms with E-state index in [-0.39, 0.29) is 5.97 Å². The predicted octanol–water partition coefficient (Wildman–Crippen LogP) is 2.07. The molecule has 1 spiro atoms. The molecule has 4 heterocycles. The van der Waals surface area contributed by atoms with Gasteiger partial charge in [0.05, 0.1) is 24.8 Å². The third-order valence-corrected chi connectivity index (χ3v) is 5.26. The SMILES string of the molecule is CC(C)c1cc2c(cn1)C(=O)OC21CCN(C2COC2)CC1. The van der Waals surface area contributed by atoms with Gasteiger partial charge in [-0.2, -0.15) is 0 Å². The van der Waals surface area contributed by atoms with E-state index in [0.717, 1.165) is 50.4 Å². The van der Waals surface area contributed by atoms with Crippen LogP contribution in [0.15, 0.2) is 12.3 Å². The Bertz CT molecular complexity index is 602. The maximum absolute atomic E-state index is 12.2. The second-order valence-electron chi connectivity index (χ2n) is 6.92. The molecule has 0 unspecified atom stereocenters. The van der Waals surface area contributed by atoms with E-state index in [1.54, 1.807) is 6.20 Å². The summed E-state index contributed by atoms with van der Waals surface area (Å²) in [7, 11) is 0. The maximum atomic E-state index is 12.2. The number of pyridine rings is 1. The molecular weight excluding hydrogens is 280 g/mol. The van der Waals surface area contributed by atoms with Gasteiger partial charge < -0.3 is 9.47 Å². The molecule has 0 radical (unpaired) electrons. The predicted molar refractivity (Wildman–Crippen MR) is 80.8 cm³/mol. The van der Waals surface area contributed by atoms with E-state index in [4.69, 9.17) is 9.47 Å². The quantitative estimate of drug-likeness (QED) is 0.783. The average molecular weight is 302 g/mol. The van der Waals surface area contributed by atoms with E-state index < -0.39 is 5.60 Å². The van der Waals surface area contributed by atoms with Crippen molar-refractivity contribution in [3.05, 3.63) is 29.1 Å². The Morgan fingerprint density at radius 2 is 2.05 bits per heavy atom. The van der Waals surface area contributed by atoms with Gasteiger partial charge in [0.25, 0.3) is 0 Å². The Morgan fingerprint density at radius 1 is 1.32 bits per heavy atom. The number of nitrogens with zero attached hydrogens (tertiary/aromatic N) is 2. The minimum atomic E-state index is -0.430. The number of piperidine rings is 1. The topological polar surface area (TPSA) is 51.7 Å². The lowest BCUT2D eigenvalue weighted by Gasteiger charge is -2.44. The summed E-state index contributed by atoms with van der Waals surface area (Å²) in [6, 6.07) is 2.64. The molecule has 2 saturated heterocycles. The molecule has 118 valence electrons. The van der Waals surface area contributed by atoms with Crippen LogP contribution in [0.5, 0.6) is 0 Å². The summed E-state index contributed by atoms with van der Waals surface area (Å²) in [4.78, 5) is 19.1. The molecule has 3 aliphatic rings. The van der Waals surface area contributed by atoms with Crippen LogP contribution < -0.4 is 0 Å². The van der Waals surface area contributed by atoms with Gasteiger partial charge in [0, 0.05) is 43.4 Å². The number of aromatic nitrogens is 1. The Balaban J connectivity index is 1.62. The summed E-state index contributed by atoms with van der Waals surface area (Å²) in [5.41, 5.74) is 2.32. The van der Waals surface area contributed by atoms with Crippen molar-refractivity contribution in [1.82, 2.24) is 9.88 Å². The van der Waals surface area contributed by atoms with Crippen molar-refractivity contribution in [3.8, 4) is 0 Å². The first kappa shape index (κ1) is 14.2. The van der Waals surface area contributed by atoms with Gasteiger partial charge in [-0.3, -0.25) is 9.88 Å². The highest BCUT2D eigenvalue weighted by Gasteiger charge is 2.48. The van der Waals surface area contributed by atoms with E-state index in [2.05, 4.69) is 29.8 Å². The molecule has 0 N–H and O–H groups in total. The summed E-state index contributed by atoms with van der Waals surface area (Å²) in [5.74, 6) is 0.142. The van der Waals surface area contributed by atoms with Crippen molar-refractivity contribution in [3.63, 3.8) is 0 Å². The number of carbonyl (C=O) groups excluding carboxylic acids is 1. The monoisotopic (exact) mass is 302 g/mol. The van der Waals surface area contributed by atoms with E-state index in [1.807, 2.05) is 0 Å². The Kier molecular flexibility index (Phi) is 3.24. The largest absolute Gasteiger partial charge is 0.450 e. The molecule has 0 saturated carbocycles. The summed E-state index contributed by atoms with van der Waals surface area (Å²) in [6.45, 7) is 7.84. The summed E-state index contributed by atoms with van der Waals surface area (Å²) in [5, 5.41) is 0. The minimum Gasteiger partial charge on any atom is -0.450 e. The number of esters is 1. The van der Waals surface area contributed by atoms with E-state index in [9.17, 15) is 4.79 Å². The Morgan fingerprint density at radius 3 is 2.64 bits per heavy atom. The molecule has 0 atom stereocenters. The molecule has 1 aromatic rings. The summed E-state index contributed by atoms with van der Waals surface area (Å²) >= 11 is 0. The lowest BCUT2D eigenvalue weighted by atomic mass is 9.83. The number of hydrogen-bond donors (Lipinski definition) is 0. The van der Waals surface area contributed by atoms with Crippen LogP contribution in [0.3, 0.4) is 0 Å². The molecule has 3 aliphatic heterocycles. The molecule has 0 bridgehead atoms. The molecule has 22 heavy (non-hydrogen) atoms. The third kappa shape index (κ3) is 2.07. The average Bonchev–Trinajstić information content (AvgIpc) is 2.72. The van der Waals surface area contributed by atoms with E-state index in [1.165, 1.54) is 0 Å². The first-order valence-electron chi connectivity index (χ1n) is 8.15. The standard InChI is InChI=1S/C17H22N2O3/c1-11(2)15-7-14-13(8-18-15)16(20)22-17(14)3-5-19(6-4-17)12-9-21-10-12/h7-8,11-12H,3-6,9-10H2,1-2H3. The smallest absolute Gasteiger partial charge is 0.341 e. The van der Waals surface area contributed by atoms with E-state index >= 15 is 0 Å². The maximum Gasteiger partial charge on any atom is 0.341 e. The van der Waals surface area contributed by atoms with Gasteiger partial charge in [-0.15, -0.1) is 0 Å². The lowest BCUT2D eigenvalue weighted by molar-refractivity contribution is -0.101. The number of fused-ring (bicyclic) bond motifs is 2. The molecule has 0 aliphatic carbocycles. The number of carbonyl (C=O) groups is 1. The molecular formula is C17H22N2O3. The van der Waals surface area contributed by atoms with Gasteiger partial charge in [-0.05, 0) is 12.0 Å². The van der Waals surface area contributed by atoms with Gasteiger partial charge in [0.1, 0.15) is 5.60 Å². The van der Waals surface area contributed by atoms with Crippen molar-refractivity contribution >= 4 is 5.97 Å². The van der Waals surface area contributed by atoms with Crippen LogP contribution in [0, 0.1) is 0 Å². The Hall–Kier alpha value is -1.46. The molecule has 5 nitrogen and oxygen atoms in total. The molecule has 2 fully saturated rings. The minimum absolute atomic E-state index is 0.210. The number of ether oxygens (including phenoxy) is 2. The van der Waals surface area contributed by atoms with Gasteiger partial charge in [0.2, 0.25) is 0 Å². The van der Waals surface area contributed by atoms with Crippen LogP contribution in [0.25, 0.3) is 0 Å². The summed E-state index contributed by atoms with van der Waals surface area (Å²) in [6.07, 6.45) is 3.43. The zero-order valence-electron chi connectivity index (χ0n) is 13.2. The number of hydrogen-bond acceptors (Lipinski definition) is 5. The molecule has 1 aromatic heterocycles. The fraction of sp³-hybridized carbons (Fsp3) is 0.647.